The molecule has 0 aromatic rings. The largest absolute Gasteiger partial charge is 0.479 e. The number of rotatable bonds is 7. The summed E-state index contributed by atoms with van der Waals surface area (Å²) in [5.41, 5.74) is 0. The van der Waals surface area contributed by atoms with E-state index in [2.05, 4.69) is 5.32 Å². The molecule has 3 heterocycles. The monoisotopic (exact) mass is 543 g/mol. The molecule has 0 spiro atoms. The lowest BCUT2D eigenvalue weighted by Gasteiger charge is -2.48. The van der Waals surface area contributed by atoms with Crippen LogP contribution < -0.4 is 5.32 Å². The average Bonchev–Trinajstić information content (AvgIpc) is 2.83. The van der Waals surface area contributed by atoms with Gasteiger partial charge in [-0.3, -0.25) is 4.79 Å². The number of aliphatic carboxylic acids is 1. The summed E-state index contributed by atoms with van der Waals surface area (Å²) in [6.45, 7) is 1.63. The highest BCUT2D eigenvalue weighted by Crippen LogP contribution is 2.32. The Kier molecular flexibility index (Phi) is 9.78. The van der Waals surface area contributed by atoms with Crippen LogP contribution in [0.2, 0.25) is 0 Å². The molecular weight excluding hydrogens is 510 g/mol. The predicted molar refractivity (Wildman–Crippen MR) is 112 cm³/mol. The minimum absolute atomic E-state index is 0.691. The Labute approximate surface area is 209 Å². The number of ether oxygens (including phenoxy) is 5. The molecule has 3 aliphatic rings. The topological polar surface area (TPSA) is 274 Å². The Bertz CT molecular complexity index is 788. The maximum absolute atomic E-state index is 11.8. The van der Waals surface area contributed by atoms with Crippen LogP contribution in [-0.4, -0.2) is 156 Å². The maximum Gasteiger partial charge on any atom is 0.335 e. The molecule has 0 saturated carbocycles. The van der Waals surface area contributed by atoms with E-state index < -0.39 is 111 Å². The van der Waals surface area contributed by atoms with Gasteiger partial charge < -0.3 is 75.0 Å². The fourth-order valence-corrected chi connectivity index (χ4v) is 4.38. The molecule has 15 atom stereocenters. The first-order valence-corrected chi connectivity index (χ1v) is 11.4. The number of hydrogen-bond acceptors (Lipinski definition) is 15. The number of nitrogens with one attached hydrogen (secondary N) is 1. The van der Waals surface area contributed by atoms with Crippen molar-refractivity contribution in [2.75, 3.05) is 6.61 Å². The first-order chi connectivity index (χ1) is 17.3. The van der Waals surface area contributed by atoms with Gasteiger partial charge >= 0.3 is 5.97 Å². The van der Waals surface area contributed by atoms with Gasteiger partial charge in [0, 0.05) is 6.92 Å². The maximum atomic E-state index is 11.8. The first kappa shape index (κ1) is 30.0. The van der Waals surface area contributed by atoms with E-state index in [0.29, 0.717) is 0 Å². The Morgan fingerprint density at radius 3 is 1.95 bits per heavy atom. The highest BCUT2D eigenvalue weighted by Gasteiger charge is 2.55. The summed E-state index contributed by atoms with van der Waals surface area (Å²) in [6, 6.07) is -1.49. The van der Waals surface area contributed by atoms with Crippen molar-refractivity contribution in [2.24, 2.45) is 0 Å². The lowest BCUT2D eigenvalue weighted by molar-refractivity contribution is -0.367. The van der Waals surface area contributed by atoms with Gasteiger partial charge in [0.05, 0.1) is 12.7 Å². The quantitative estimate of drug-likeness (QED) is 0.143. The van der Waals surface area contributed by atoms with Gasteiger partial charge in [-0.25, -0.2) is 4.79 Å². The second-order valence-corrected chi connectivity index (χ2v) is 9.09. The van der Waals surface area contributed by atoms with E-state index in [1.54, 1.807) is 0 Å². The molecule has 214 valence electrons. The van der Waals surface area contributed by atoms with Gasteiger partial charge in [-0.05, 0) is 6.92 Å². The average molecular weight is 543 g/mol. The van der Waals surface area contributed by atoms with Crippen LogP contribution in [0.4, 0.5) is 0 Å². The van der Waals surface area contributed by atoms with Gasteiger partial charge in [-0.1, -0.05) is 0 Å². The van der Waals surface area contributed by atoms with Crippen molar-refractivity contribution in [3.05, 3.63) is 0 Å². The van der Waals surface area contributed by atoms with E-state index in [4.69, 9.17) is 23.7 Å². The number of carboxylic acid groups (broad SMARTS) is 1. The molecule has 0 radical (unpaired) electrons. The van der Waals surface area contributed by atoms with E-state index in [0.717, 1.165) is 6.92 Å². The molecule has 0 aromatic heterocycles. The molecule has 1 unspecified atom stereocenters. The number of aliphatic hydroxyl groups is 8. The highest BCUT2D eigenvalue weighted by molar-refractivity contribution is 5.73. The normalized spacial score (nSPS) is 48.9. The van der Waals surface area contributed by atoms with E-state index in [1.807, 2.05) is 0 Å². The lowest BCUT2D eigenvalue weighted by Crippen LogP contribution is -2.68. The summed E-state index contributed by atoms with van der Waals surface area (Å²) in [4.78, 5) is 23.4. The molecular formula is C20H33NO16. The molecule has 0 aliphatic carbocycles. The Morgan fingerprint density at radius 2 is 1.38 bits per heavy atom. The zero-order valence-corrected chi connectivity index (χ0v) is 19.8. The molecule has 1 amide bonds. The summed E-state index contributed by atoms with van der Waals surface area (Å²) >= 11 is 0. The summed E-state index contributed by atoms with van der Waals surface area (Å²) in [7, 11) is 0. The zero-order chi connectivity index (χ0) is 27.8. The molecule has 3 fully saturated rings. The van der Waals surface area contributed by atoms with Crippen LogP contribution in [0.25, 0.3) is 0 Å². The van der Waals surface area contributed by atoms with Gasteiger partial charge in [-0.2, -0.15) is 0 Å². The van der Waals surface area contributed by atoms with Crippen LogP contribution in [0.5, 0.6) is 0 Å². The van der Waals surface area contributed by atoms with Crippen LogP contribution in [0.3, 0.4) is 0 Å². The Balaban J connectivity index is 1.87. The summed E-state index contributed by atoms with van der Waals surface area (Å²) < 4.78 is 26.5. The molecule has 10 N–H and O–H groups in total. The number of carbonyl (C=O) groups is 2. The molecule has 17 nitrogen and oxygen atoms in total. The van der Waals surface area contributed by atoms with Crippen molar-refractivity contribution in [3.8, 4) is 0 Å². The van der Waals surface area contributed by atoms with Gasteiger partial charge in [-0.15, -0.1) is 0 Å². The second-order valence-electron chi connectivity index (χ2n) is 9.09. The summed E-state index contributed by atoms with van der Waals surface area (Å²) in [6.07, 6.45) is -24.5. The molecule has 0 aromatic carbocycles. The first-order valence-electron chi connectivity index (χ1n) is 11.4. The lowest BCUT2D eigenvalue weighted by atomic mass is 9.95. The minimum atomic E-state index is -2.08. The fourth-order valence-electron chi connectivity index (χ4n) is 4.38. The van der Waals surface area contributed by atoms with Crippen molar-refractivity contribution in [2.45, 2.75) is 106 Å². The van der Waals surface area contributed by atoms with Crippen molar-refractivity contribution in [1.82, 2.24) is 5.32 Å². The molecule has 3 saturated heterocycles. The van der Waals surface area contributed by atoms with E-state index >= 15 is 0 Å². The SMILES string of the molecule is CC(=O)N[C@H]1[C@@H](O[C@@H]2[C@@H](O)[C@H](O[C@@H]3[C@H](O)[C@H](C)OC(O)[C@H]3O)O[C@H](C(=O)O)[C@H]2O)O[C@H](CO)[C@H](O)[C@@H]1O. The van der Waals surface area contributed by atoms with Crippen molar-refractivity contribution < 1.29 is 79.2 Å². The predicted octanol–water partition coefficient (Wildman–Crippen LogP) is -6.31. The van der Waals surface area contributed by atoms with Gasteiger partial charge in [0.2, 0.25) is 5.91 Å². The number of aliphatic hydroxyl groups excluding tert-OH is 8. The number of carboxylic acids is 1. The van der Waals surface area contributed by atoms with Crippen LogP contribution >= 0.6 is 0 Å². The smallest absolute Gasteiger partial charge is 0.335 e. The van der Waals surface area contributed by atoms with E-state index in [9.17, 15) is 55.5 Å². The summed E-state index contributed by atoms with van der Waals surface area (Å²) in [5.74, 6) is -2.40. The van der Waals surface area contributed by atoms with Crippen LogP contribution in [0.1, 0.15) is 13.8 Å². The van der Waals surface area contributed by atoms with Gasteiger partial charge in [0.1, 0.15) is 61.0 Å². The molecule has 3 aliphatic heterocycles. The Hall–Kier alpha value is -1.58. The van der Waals surface area contributed by atoms with Crippen molar-refractivity contribution in [1.29, 1.82) is 0 Å². The molecule has 3 rings (SSSR count). The second kappa shape index (κ2) is 12.1. The highest BCUT2D eigenvalue weighted by atomic mass is 16.7. The minimum Gasteiger partial charge on any atom is -0.479 e. The standard InChI is InChI=1S/C20H33NO16/c1-4-8(24)14(12(28)18(32)33-4)36-20-13(29)15(11(27)16(37-20)17(30)31)35-19-7(21-5(2)23)10(26)9(25)6(3-22)34-19/h4,6-16,18-20,22,24-29,32H,3H2,1-2H3,(H,21,23)(H,30,31)/t4-,6+,7+,8+,9-,10+,11-,12-,13+,14+,15-,16-,18?,19+,20+/m0/s1. The van der Waals surface area contributed by atoms with E-state index in [-0.39, 0.29) is 0 Å². The van der Waals surface area contributed by atoms with Crippen LogP contribution in [-0.2, 0) is 33.3 Å². The third kappa shape index (κ3) is 6.19. The van der Waals surface area contributed by atoms with Crippen molar-refractivity contribution in [3.63, 3.8) is 0 Å². The summed E-state index contributed by atoms with van der Waals surface area (Å²) in [5, 5.41) is 93.7. The number of carbonyl (C=O) groups excluding carboxylic acids is 1. The van der Waals surface area contributed by atoms with E-state index in [1.165, 1.54) is 6.92 Å². The number of hydrogen-bond donors (Lipinski definition) is 10. The molecule has 0 bridgehead atoms. The Morgan fingerprint density at radius 1 is 0.784 bits per heavy atom. The molecule has 37 heavy (non-hydrogen) atoms. The fraction of sp³-hybridized carbons (Fsp3) is 0.900. The van der Waals surface area contributed by atoms with Crippen molar-refractivity contribution >= 4 is 11.9 Å². The zero-order valence-electron chi connectivity index (χ0n) is 19.8. The van der Waals surface area contributed by atoms with Crippen LogP contribution in [0.15, 0.2) is 0 Å². The molecule has 17 heteroatoms. The van der Waals surface area contributed by atoms with Gasteiger partial charge in [0.15, 0.2) is 25.0 Å². The van der Waals surface area contributed by atoms with Crippen LogP contribution in [0, 0.1) is 0 Å². The third-order valence-corrected chi connectivity index (χ3v) is 6.42. The van der Waals surface area contributed by atoms with Gasteiger partial charge in [0.25, 0.3) is 0 Å². The number of amides is 1. The third-order valence-electron chi connectivity index (χ3n) is 6.42.